The fourth-order valence-corrected chi connectivity index (χ4v) is 2.62. The zero-order valence-electron chi connectivity index (χ0n) is 14.6. The van der Waals surface area contributed by atoms with Gasteiger partial charge in [-0.15, -0.1) is 6.58 Å². The predicted octanol–water partition coefficient (Wildman–Crippen LogP) is 3.64. The molecule has 1 heterocycles. The minimum atomic E-state index is -4.72. The molecule has 1 saturated heterocycles. The van der Waals surface area contributed by atoms with Crippen molar-refractivity contribution in [3.8, 4) is 0 Å². The van der Waals surface area contributed by atoms with E-state index in [1.807, 2.05) is 0 Å². The van der Waals surface area contributed by atoms with Gasteiger partial charge in [0.25, 0.3) is 5.69 Å². The van der Waals surface area contributed by atoms with Crippen LogP contribution in [0.5, 0.6) is 0 Å². The fourth-order valence-electron chi connectivity index (χ4n) is 2.62. The quantitative estimate of drug-likeness (QED) is 0.320. The molecule has 3 atom stereocenters. The van der Waals surface area contributed by atoms with E-state index < -0.39 is 41.0 Å². The summed E-state index contributed by atoms with van der Waals surface area (Å²) < 4.78 is 55.9. The van der Waals surface area contributed by atoms with E-state index in [9.17, 15) is 28.1 Å². The lowest BCUT2D eigenvalue weighted by Crippen LogP contribution is -2.45. The predicted molar refractivity (Wildman–Crippen MR) is 86.9 cm³/mol. The van der Waals surface area contributed by atoms with Crippen LogP contribution in [-0.2, 0) is 14.2 Å². The summed E-state index contributed by atoms with van der Waals surface area (Å²) in [5.41, 5.74) is -0.398. The van der Waals surface area contributed by atoms with Gasteiger partial charge in [-0.3, -0.25) is 10.1 Å². The van der Waals surface area contributed by atoms with Crippen LogP contribution in [0.1, 0.15) is 24.2 Å². The first-order valence-electron chi connectivity index (χ1n) is 7.91. The van der Waals surface area contributed by atoms with Crippen molar-refractivity contribution in [2.45, 2.75) is 38.0 Å². The molecule has 1 aromatic rings. The van der Waals surface area contributed by atoms with Gasteiger partial charge >= 0.3 is 12.1 Å². The highest BCUT2D eigenvalue weighted by Crippen LogP contribution is 2.37. The van der Waals surface area contributed by atoms with Crippen molar-refractivity contribution in [2.75, 3.05) is 6.61 Å². The highest BCUT2D eigenvalue weighted by atomic mass is 19.4. The van der Waals surface area contributed by atoms with Gasteiger partial charge in [0.05, 0.1) is 17.1 Å². The average molecular weight is 389 g/mol. The van der Waals surface area contributed by atoms with E-state index in [1.165, 1.54) is 13.8 Å². The van der Waals surface area contributed by atoms with E-state index in [0.29, 0.717) is 6.08 Å². The molecule has 0 aromatic heterocycles. The van der Waals surface area contributed by atoms with Crippen LogP contribution in [0.25, 0.3) is 0 Å². The molecule has 0 radical (unpaired) electrons. The summed E-state index contributed by atoms with van der Waals surface area (Å²) in [7, 11) is 0. The Labute approximate surface area is 152 Å². The standard InChI is InChI=1S/C17H18F3NO6/c1-4-12(17(18,19)20)14(13-9-25-16(2,3)27-13)26-15(22)10-5-7-11(8-6-10)21(23)24/h4-8,12-14H,1,9H2,2-3H3/t12-,13+,14-/m0/s1. The molecule has 1 aromatic carbocycles. The lowest BCUT2D eigenvalue weighted by atomic mass is 9.97. The molecule has 1 aliphatic rings. The lowest BCUT2D eigenvalue weighted by molar-refractivity contribution is -0.384. The number of alkyl halides is 3. The Morgan fingerprint density at radius 3 is 2.41 bits per heavy atom. The van der Waals surface area contributed by atoms with Crippen LogP contribution in [0.2, 0.25) is 0 Å². The third-order valence-electron chi connectivity index (χ3n) is 3.94. The van der Waals surface area contributed by atoms with Gasteiger partial charge in [-0.2, -0.15) is 13.2 Å². The number of esters is 1. The van der Waals surface area contributed by atoms with Crippen LogP contribution in [-0.4, -0.2) is 41.7 Å². The summed E-state index contributed by atoms with van der Waals surface area (Å²) in [4.78, 5) is 22.3. The fraction of sp³-hybridized carbons (Fsp3) is 0.471. The van der Waals surface area contributed by atoms with E-state index in [0.717, 1.165) is 24.3 Å². The molecular weight excluding hydrogens is 371 g/mol. The van der Waals surface area contributed by atoms with Crippen LogP contribution in [0.15, 0.2) is 36.9 Å². The van der Waals surface area contributed by atoms with Crippen LogP contribution >= 0.6 is 0 Å². The number of hydrogen-bond donors (Lipinski definition) is 0. The largest absolute Gasteiger partial charge is 0.455 e. The number of carbonyl (C=O) groups excluding carboxylic acids is 1. The molecule has 0 unspecified atom stereocenters. The number of nitro benzene ring substituents is 1. The molecule has 1 aliphatic heterocycles. The number of carbonyl (C=O) groups is 1. The van der Waals surface area contributed by atoms with Gasteiger partial charge in [0.15, 0.2) is 5.79 Å². The van der Waals surface area contributed by atoms with Gasteiger partial charge in [0.2, 0.25) is 0 Å². The molecule has 0 amide bonds. The normalized spacial score (nSPS) is 21.3. The SMILES string of the molecule is C=C[C@@H]([C@H](OC(=O)c1ccc([N+](=O)[O-])cc1)[C@H]1COC(C)(C)O1)C(F)(F)F. The number of nitro groups is 1. The second-order valence-electron chi connectivity index (χ2n) is 6.34. The Bertz CT molecular complexity index is 716. The minimum absolute atomic E-state index is 0.131. The molecule has 27 heavy (non-hydrogen) atoms. The minimum Gasteiger partial charge on any atom is -0.455 e. The van der Waals surface area contributed by atoms with Gasteiger partial charge in [-0.05, 0) is 26.0 Å². The number of hydrogen-bond acceptors (Lipinski definition) is 6. The van der Waals surface area contributed by atoms with E-state index in [-0.39, 0.29) is 17.9 Å². The molecule has 0 spiro atoms. The number of benzene rings is 1. The maximum Gasteiger partial charge on any atom is 0.398 e. The summed E-state index contributed by atoms with van der Waals surface area (Å²) in [5.74, 6) is -4.37. The molecule has 0 N–H and O–H groups in total. The molecule has 0 saturated carbocycles. The van der Waals surface area contributed by atoms with Crippen molar-refractivity contribution >= 4 is 11.7 Å². The number of ether oxygens (including phenoxy) is 3. The number of halogens is 3. The smallest absolute Gasteiger partial charge is 0.398 e. The zero-order valence-corrected chi connectivity index (χ0v) is 14.6. The van der Waals surface area contributed by atoms with Gasteiger partial charge in [0.1, 0.15) is 18.1 Å². The first-order valence-corrected chi connectivity index (χ1v) is 7.91. The Balaban J connectivity index is 2.26. The summed E-state index contributed by atoms with van der Waals surface area (Å²) in [5, 5.41) is 10.7. The Morgan fingerprint density at radius 2 is 2.00 bits per heavy atom. The maximum atomic E-state index is 13.4. The highest BCUT2D eigenvalue weighted by molar-refractivity contribution is 5.89. The molecular formula is C17H18F3NO6. The summed E-state index contributed by atoms with van der Waals surface area (Å²) in [6.45, 7) is 6.03. The molecule has 0 bridgehead atoms. The number of nitrogens with zero attached hydrogens (tertiary/aromatic N) is 1. The summed E-state index contributed by atoms with van der Waals surface area (Å²) in [6.07, 6.45) is -6.97. The van der Waals surface area contributed by atoms with Crippen molar-refractivity contribution in [2.24, 2.45) is 5.92 Å². The molecule has 0 aliphatic carbocycles. The summed E-state index contributed by atoms with van der Waals surface area (Å²) >= 11 is 0. The highest BCUT2D eigenvalue weighted by Gasteiger charge is 2.51. The molecule has 1 fully saturated rings. The Kier molecular flexibility index (Phi) is 5.91. The van der Waals surface area contributed by atoms with E-state index in [1.54, 1.807) is 0 Å². The number of non-ortho nitro benzene ring substituents is 1. The van der Waals surface area contributed by atoms with Crippen molar-refractivity contribution < 1.29 is 37.1 Å². The second-order valence-corrected chi connectivity index (χ2v) is 6.34. The van der Waals surface area contributed by atoms with Gasteiger partial charge in [0, 0.05) is 12.1 Å². The molecule has 2 rings (SSSR count). The van der Waals surface area contributed by atoms with Gasteiger partial charge < -0.3 is 14.2 Å². The number of rotatable bonds is 6. The summed E-state index contributed by atoms with van der Waals surface area (Å²) in [6, 6.07) is 4.31. The first kappa shape index (κ1) is 20.8. The third-order valence-corrected chi connectivity index (χ3v) is 3.94. The van der Waals surface area contributed by atoms with Crippen LogP contribution in [0, 0.1) is 16.0 Å². The van der Waals surface area contributed by atoms with Crippen molar-refractivity contribution in [1.82, 2.24) is 0 Å². The molecule has 10 heteroatoms. The van der Waals surface area contributed by atoms with E-state index in [4.69, 9.17) is 14.2 Å². The van der Waals surface area contributed by atoms with E-state index >= 15 is 0 Å². The van der Waals surface area contributed by atoms with Gasteiger partial charge in [-0.1, -0.05) is 6.08 Å². The maximum absolute atomic E-state index is 13.4. The zero-order chi connectivity index (χ0) is 20.4. The van der Waals surface area contributed by atoms with Crippen LogP contribution in [0.3, 0.4) is 0 Å². The lowest BCUT2D eigenvalue weighted by Gasteiger charge is -2.30. The average Bonchev–Trinajstić information content (AvgIpc) is 2.93. The van der Waals surface area contributed by atoms with Crippen LogP contribution < -0.4 is 0 Å². The van der Waals surface area contributed by atoms with E-state index in [2.05, 4.69) is 6.58 Å². The van der Waals surface area contributed by atoms with Crippen molar-refractivity contribution in [3.63, 3.8) is 0 Å². The third kappa shape index (κ3) is 5.04. The Hall–Kier alpha value is -2.46. The molecule has 148 valence electrons. The monoisotopic (exact) mass is 389 g/mol. The van der Waals surface area contributed by atoms with Gasteiger partial charge in [-0.25, -0.2) is 4.79 Å². The van der Waals surface area contributed by atoms with Crippen molar-refractivity contribution in [3.05, 3.63) is 52.6 Å². The van der Waals surface area contributed by atoms with Crippen molar-refractivity contribution in [1.29, 1.82) is 0 Å². The molecule has 7 nitrogen and oxygen atoms in total. The first-order chi connectivity index (χ1) is 12.4. The van der Waals surface area contributed by atoms with Crippen LogP contribution in [0.4, 0.5) is 18.9 Å². The topological polar surface area (TPSA) is 87.9 Å². The Morgan fingerprint density at radius 1 is 1.41 bits per heavy atom. The second kappa shape index (κ2) is 7.65.